The fourth-order valence-electron chi connectivity index (χ4n) is 1.01. The van der Waals surface area contributed by atoms with Crippen LogP contribution in [0.1, 0.15) is 12.6 Å². The van der Waals surface area contributed by atoms with E-state index in [9.17, 15) is 8.78 Å². The summed E-state index contributed by atoms with van der Waals surface area (Å²) in [5, 5.41) is 3.07. The van der Waals surface area contributed by atoms with Crippen LogP contribution in [0.5, 0.6) is 0 Å². The summed E-state index contributed by atoms with van der Waals surface area (Å²) in [5.41, 5.74) is 0.794. The van der Waals surface area contributed by atoms with Gasteiger partial charge in [-0.1, -0.05) is 6.92 Å². The zero-order chi connectivity index (χ0) is 9.68. The van der Waals surface area contributed by atoms with Gasteiger partial charge >= 0.3 is 0 Å². The van der Waals surface area contributed by atoms with Gasteiger partial charge in [0.2, 0.25) is 0 Å². The molecule has 1 aromatic rings. The third-order valence-corrected chi connectivity index (χ3v) is 1.59. The van der Waals surface area contributed by atoms with E-state index in [0.717, 1.165) is 12.2 Å². The minimum Gasteiger partial charge on any atom is -0.331 e. The molecule has 0 aliphatic rings. The molecule has 13 heavy (non-hydrogen) atoms. The lowest BCUT2D eigenvalue weighted by molar-refractivity contribution is 0.126. The van der Waals surface area contributed by atoms with Gasteiger partial charge in [0, 0.05) is 12.7 Å². The Morgan fingerprint density at radius 3 is 3.00 bits per heavy atom. The molecule has 1 N–H and O–H groups in total. The predicted molar refractivity (Wildman–Crippen MR) is 45.6 cm³/mol. The molecule has 0 unspecified atom stereocenters. The van der Waals surface area contributed by atoms with Crippen LogP contribution in [0.3, 0.4) is 0 Å². The van der Waals surface area contributed by atoms with Gasteiger partial charge in [-0.15, -0.1) is 0 Å². The van der Waals surface area contributed by atoms with Crippen molar-refractivity contribution in [1.29, 1.82) is 0 Å². The zero-order valence-electron chi connectivity index (χ0n) is 7.50. The topological polar surface area (TPSA) is 29.9 Å². The molecule has 0 aromatic carbocycles. The van der Waals surface area contributed by atoms with E-state index in [-0.39, 0.29) is 6.54 Å². The minimum absolute atomic E-state index is 0.279. The van der Waals surface area contributed by atoms with Crippen LogP contribution in [-0.2, 0) is 13.1 Å². The Kier molecular flexibility index (Phi) is 3.82. The highest BCUT2D eigenvalue weighted by atomic mass is 19.3. The monoisotopic (exact) mass is 189 g/mol. The van der Waals surface area contributed by atoms with Crippen LogP contribution >= 0.6 is 0 Å². The number of alkyl halides is 2. The Morgan fingerprint density at radius 1 is 1.62 bits per heavy atom. The molecule has 74 valence electrons. The maximum absolute atomic E-state index is 11.9. The van der Waals surface area contributed by atoms with Gasteiger partial charge in [-0.2, -0.15) is 0 Å². The van der Waals surface area contributed by atoms with Crippen LogP contribution < -0.4 is 5.32 Å². The average molecular weight is 189 g/mol. The van der Waals surface area contributed by atoms with Gasteiger partial charge in [-0.25, -0.2) is 13.8 Å². The molecule has 1 heterocycles. The lowest BCUT2D eigenvalue weighted by Crippen LogP contribution is -2.12. The first kappa shape index (κ1) is 10.1. The molecule has 1 aromatic heterocycles. The van der Waals surface area contributed by atoms with Crippen molar-refractivity contribution in [3.8, 4) is 0 Å². The maximum Gasteiger partial charge on any atom is 0.256 e. The zero-order valence-corrected chi connectivity index (χ0v) is 7.50. The molecule has 0 aliphatic heterocycles. The number of nitrogens with zero attached hydrogens (tertiary/aromatic N) is 2. The second-order valence-electron chi connectivity index (χ2n) is 2.73. The maximum atomic E-state index is 11.9. The summed E-state index contributed by atoms with van der Waals surface area (Å²) in [7, 11) is 0. The summed E-state index contributed by atoms with van der Waals surface area (Å²) >= 11 is 0. The van der Waals surface area contributed by atoms with E-state index in [1.54, 1.807) is 6.20 Å². The van der Waals surface area contributed by atoms with Crippen molar-refractivity contribution in [3.63, 3.8) is 0 Å². The molecule has 1 rings (SSSR count). The van der Waals surface area contributed by atoms with Crippen molar-refractivity contribution in [2.24, 2.45) is 0 Å². The van der Waals surface area contributed by atoms with Gasteiger partial charge in [0.15, 0.2) is 0 Å². The second-order valence-corrected chi connectivity index (χ2v) is 2.73. The van der Waals surface area contributed by atoms with Gasteiger partial charge in [0.1, 0.15) is 0 Å². The quantitative estimate of drug-likeness (QED) is 0.755. The fourth-order valence-corrected chi connectivity index (χ4v) is 1.01. The van der Waals surface area contributed by atoms with Crippen molar-refractivity contribution >= 4 is 0 Å². The molecule has 0 aliphatic carbocycles. The Labute approximate surface area is 75.8 Å². The van der Waals surface area contributed by atoms with E-state index >= 15 is 0 Å². The summed E-state index contributed by atoms with van der Waals surface area (Å²) in [5.74, 6) is 0. The van der Waals surface area contributed by atoms with Gasteiger partial charge in [-0.05, 0) is 6.54 Å². The molecule has 3 nitrogen and oxygen atoms in total. The van der Waals surface area contributed by atoms with Crippen molar-refractivity contribution in [2.75, 3.05) is 6.54 Å². The van der Waals surface area contributed by atoms with Gasteiger partial charge < -0.3 is 9.88 Å². The van der Waals surface area contributed by atoms with Crippen LogP contribution in [-0.4, -0.2) is 22.5 Å². The summed E-state index contributed by atoms with van der Waals surface area (Å²) in [4.78, 5) is 3.97. The normalized spacial score (nSPS) is 11.1. The molecule has 0 saturated heterocycles. The molecular formula is C8H13F2N3. The molecule has 0 bridgehead atoms. The summed E-state index contributed by atoms with van der Waals surface area (Å²) < 4.78 is 25.2. The molecular weight excluding hydrogens is 176 g/mol. The Hall–Kier alpha value is -0.970. The molecule has 0 saturated carbocycles. The summed E-state index contributed by atoms with van der Waals surface area (Å²) in [6.07, 6.45) is 0.745. The second kappa shape index (κ2) is 4.91. The molecule has 0 amide bonds. The molecule has 0 atom stereocenters. The minimum atomic E-state index is -2.32. The molecule has 0 spiro atoms. The standard InChI is InChI=1S/C8H13F2N3/c1-2-11-3-7-4-13(6-12-7)5-8(9)10/h4,6,8,11H,2-3,5H2,1H3. The van der Waals surface area contributed by atoms with E-state index < -0.39 is 6.43 Å². The van der Waals surface area contributed by atoms with Crippen LogP contribution in [0.25, 0.3) is 0 Å². The number of imidazole rings is 1. The number of hydrogen-bond acceptors (Lipinski definition) is 2. The van der Waals surface area contributed by atoms with Gasteiger partial charge in [-0.3, -0.25) is 0 Å². The Morgan fingerprint density at radius 2 is 2.38 bits per heavy atom. The number of halogens is 2. The van der Waals surface area contributed by atoms with E-state index in [4.69, 9.17) is 0 Å². The Bertz CT molecular complexity index is 247. The van der Waals surface area contributed by atoms with E-state index in [1.165, 1.54) is 10.9 Å². The first-order valence-electron chi connectivity index (χ1n) is 4.22. The lowest BCUT2D eigenvalue weighted by Gasteiger charge is -1.98. The average Bonchev–Trinajstić information content (AvgIpc) is 2.48. The lowest BCUT2D eigenvalue weighted by atomic mass is 10.4. The highest BCUT2D eigenvalue weighted by Gasteiger charge is 2.04. The highest BCUT2D eigenvalue weighted by molar-refractivity contribution is 4.96. The third-order valence-electron chi connectivity index (χ3n) is 1.59. The van der Waals surface area contributed by atoms with Crippen LogP contribution in [0, 0.1) is 0 Å². The first-order chi connectivity index (χ1) is 6.22. The van der Waals surface area contributed by atoms with Gasteiger partial charge in [0.25, 0.3) is 6.43 Å². The number of hydrogen-bond donors (Lipinski definition) is 1. The van der Waals surface area contributed by atoms with Crippen molar-refractivity contribution in [3.05, 3.63) is 18.2 Å². The van der Waals surface area contributed by atoms with Crippen LogP contribution in [0.15, 0.2) is 12.5 Å². The van der Waals surface area contributed by atoms with Crippen molar-refractivity contribution < 1.29 is 8.78 Å². The largest absolute Gasteiger partial charge is 0.331 e. The van der Waals surface area contributed by atoms with E-state index in [2.05, 4.69) is 10.3 Å². The number of aromatic nitrogens is 2. The molecule has 5 heteroatoms. The van der Waals surface area contributed by atoms with Crippen molar-refractivity contribution in [2.45, 2.75) is 26.4 Å². The van der Waals surface area contributed by atoms with Crippen molar-refractivity contribution in [1.82, 2.24) is 14.9 Å². The first-order valence-corrected chi connectivity index (χ1v) is 4.22. The van der Waals surface area contributed by atoms with E-state index in [0.29, 0.717) is 6.54 Å². The van der Waals surface area contributed by atoms with Crippen LogP contribution in [0.4, 0.5) is 8.78 Å². The number of nitrogens with one attached hydrogen (secondary N) is 1. The third kappa shape index (κ3) is 3.50. The molecule has 0 fully saturated rings. The molecule has 0 radical (unpaired) electrons. The SMILES string of the molecule is CCNCc1cn(CC(F)F)cn1. The number of rotatable bonds is 5. The predicted octanol–water partition coefficient (Wildman–Crippen LogP) is 1.26. The highest BCUT2D eigenvalue weighted by Crippen LogP contribution is 2.00. The van der Waals surface area contributed by atoms with Gasteiger partial charge in [0.05, 0.1) is 18.6 Å². The Balaban J connectivity index is 2.44. The van der Waals surface area contributed by atoms with E-state index in [1.807, 2.05) is 6.92 Å². The fraction of sp³-hybridized carbons (Fsp3) is 0.625. The summed E-state index contributed by atoms with van der Waals surface area (Å²) in [6.45, 7) is 3.18. The summed E-state index contributed by atoms with van der Waals surface area (Å²) in [6, 6.07) is 0. The smallest absolute Gasteiger partial charge is 0.256 e. The van der Waals surface area contributed by atoms with Crippen LogP contribution in [0.2, 0.25) is 0 Å².